The van der Waals surface area contributed by atoms with Crippen LogP contribution in [0.5, 0.6) is 17.2 Å². The van der Waals surface area contributed by atoms with Gasteiger partial charge >= 0.3 is 0 Å². The van der Waals surface area contributed by atoms with Gasteiger partial charge in [-0.3, -0.25) is 4.79 Å². The highest BCUT2D eigenvalue weighted by atomic mass is 32.1. The Labute approximate surface area is 194 Å². The van der Waals surface area contributed by atoms with E-state index in [1.807, 2.05) is 56.5 Å². The number of ether oxygens (including phenoxy) is 3. The Bertz CT molecular complexity index is 1170. The lowest BCUT2D eigenvalue weighted by Gasteiger charge is -2.17. The van der Waals surface area contributed by atoms with Crippen molar-refractivity contribution in [2.45, 2.75) is 20.8 Å². The van der Waals surface area contributed by atoms with Crippen LogP contribution in [-0.4, -0.2) is 30.7 Å². The van der Waals surface area contributed by atoms with Crippen LogP contribution in [-0.2, 0) is 0 Å². The zero-order valence-electron chi connectivity index (χ0n) is 18.1. The monoisotopic (exact) mass is 468 g/mol. The van der Waals surface area contributed by atoms with Crippen LogP contribution < -0.4 is 19.5 Å². The molecule has 6 nitrogen and oxygen atoms in total. The van der Waals surface area contributed by atoms with E-state index >= 15 is 0 Å². The molecular formula is C24H24N2O4S2. The predicted octanol–water partition coefficient (Wildman–Crippen LogP) is 6.47. The molecule has 0 spiro atoms. The van der Waals surface area contributed by atoms with Crippen molar-refractivity contribution >= 4 is 43.8 Å². The van der Waals surface area contributed by atoms with Gasteiger partial charge in [0.2, 0.25) is 5.75 Å². The Morgan fingerprint density at radius 2 is 1.66 bits per heavy atom. The Kier molecular flexibility index (Phi) is 6.92. The van der Waals surface area contributed by atoms with Gasteiger partial charge < -0.3 is 19.5 Å². The largest absolute Gasteiger partial charge is 0.490 e. The van der Waals surface area contributed by atoms with Crippen LogP contribution in [0, 0.1) is 0 Å². The maximum absolute atomic E-state index is 13.2. The highest BCUT2D eigenvalue weighted by Crippen LogP contribution is 2.41. The van der Waals surface area contributed by atoms with Crippen LogP contribution in [0.3, 0.4) is 0 Å². The molecule has 8 heteroatoms. The topological polar surface area (TPSA) is 69.7 Å². The molecule has 0 atom stereocenters. The number of benzene rings is 2. The number of nitrogens with zero attached hydrogens (tertiary/aromatic N) is 1. The SMILES string of the molecule is CCOc1cc(C(=O)Nc2sccc2-c2nc3ccccc3s2)cc(OCC)c1OCC. The first kappa shape index (κ1) is 22.1. The molecule has 0 radical (unpaired) electrons. The molecule has 32 heavy (non-hydrogen) atoms. The van der Waals surface area contributed by atoms with Gasteiger partial charge in [0.15, 0.2) is 11.5 Å². The summed E-state index contributed by atoms with van der Waals surface area (Å²) in [5.74, 6) is 1.24. The molecule has 166 valence electrons. The molecule has 4 aromatic rings. The molecule has 1 amide bonds. The molecule has 1 N–H and O–H groups in total. The van der Waals surface area contributed by atoms with Crippen molar-refractivity contribution in [3.63, 3.8) is 0 Å². The van der Waals surface area contributed by atoms with E-state index in [2.05, 4.69) is 5.32 Å². The molecule has 0 aliphatic rings. The number of thiophene rings is 1. The Morgan fingerprint density at radius 1 is 0.969 bits per heavy atom. The maximum Gasteiger partial charge on any atom is 0.256 e. The Balaban J connectivity index is 1.65. The lowest BCUT2D eigenvalue weighted by molar-refractivity contribution is 0.102. The molecule has 0 fully saturated rings. The van der Waals surface area contributed by atoms with Crippen molar-refractivity contribution in [2.24, 2.45) is 0 Å². The first-order chi connectivity index (χ1) is 15.6. The van der Waals surface area contributed by atoms with E-state index in [9.17, 15) is 4.79 Å². The number of fused-ring (bicyclic) bond motifs is 1. The van der Waals surface area contributed by atoms with E-state index < -0.39 is 0 Å². The van der Waals surface area contributed by atoms with Crippen LogP contribution in [0.2, 0.25) is 0 Å². The van der Waals surface area contributed by atoms with Gasteiger partial charge in [0.25, 0.3) is 5.91 Å². The molecule has 0 saturated heterocycles. The third-order valence-corrected chi connectivity index (χ3v) is 6.49. The number of amides is 1. The summed E-state index contributed by atoms with van der Waals surface area (Å²) < 4.78 is 18.3. The Hall–Kier alpha value is -3.10. The number of hydrogen-bond donors (Lipinski definition) is 1. The fourth-order valence-corrected chi connectivity index (χ4v) is 5.10. The van der Waals surface area contributed by atoms with E-state index in [1.165, 1.54) is 11.3 Å². The summed E-state index contributed by atoms with van der Waals surface area (Å²) in [5, 5.41) is 6.61. The Morgan fingerprint density at radius 3 is 2.31 bits per heavy atom. The van der Waals surface area contributed by atoms with Crippen LogP contribution in [0.1, 0.15) is 31.1 Å². The van der Waals surface area contributed by atoms with Crippen molar-refractivity contribution < 1.29 is 19.0 Å². The van der Waals surface area contributed by atoms with Crippen molar-refractivity contribution in [3.8, 4) is 27.8 Å². The van der Waals surface area contributed by atoms with E-state index in [-0.39, 0.29) is 5.91 Å². The molecule has 2 heterocycles. The third-order valence-electron chi connectivity index (χ3n) is 4.59. The fraction of sp³-hybridized carbons (Fsp3) is 0.250. The van der Waals surface area contributed by atoms with Crippen LogP contribution >= 0.6 is 22.7 Å². The summed E-state index contributed by atoms with van der Waals surface area (Å²) in [6, 6.07) is 13.4. The van der Waals surface area contributed by atoms with Gasteiger partial charge in [-0.25, -0.2) is 4.98 Å². The van der Waals surface area contributed by atoms with Gasteiger partial charge in [0.05, 0.1) is 30.0 Å². The number of hydrogen-bond acceptors (Lipinski definition) is 7. The first-order valence-corrected chi connectivity index (χ1v) is 12.1. The fourth-order valence-electron chi connectivity index (χ4n) is 3.26. The molecule has 2 aromatic carbocycles. The quantitative estimate of drug-likeness (QED) is 0.305. The summed E-state index contributed by atoms with van der Waals surface area (Å²) in [5.41, 5.74) is 2.29. The average Bonchev–Trinajstić information content (AvgIpc) is 3.42. The van der Waals surface area contributed by atoms with Crippen molar-refractivity contribution in [2.75, 3.05) is 25.1 Å². The summed E-state index contributed by atoms with van der Waals surface area (Å²) in [7, 11) is 0. The molecular weight excluding hydrogens is 444 g/mol. The number of carbonyl (C=O) groups is 1. The zero-order chi connectivity index (χ0) is 22.5. The maximum atomic E-state index is 13.2. The van der Waals surface area contributed by atoms with Crippen molar-refractivity contribution in [3.05, 3.63) is 53.4 Å². The zero-order valence-corrected chi connectivity index (χ0v) is 19.8. The number of thiazole rings is 1. The van der Waals surface area contributed by atoms with Crippen LogP contribution in [0.4, 0.5) is 5.00 Å². The molecule has 0 saturated carbocycles. The van der Waals surface area contributed by atoms with E-state index in [0.29, 0.717) is 42.6 Å². The minimum atomic E-state index is -0.250. The minimum absolute atomic E-state index is 0.250. The number of carbonyl (C=O) groups excluding carboxylic acids is 1. The lowest BCUT2D eigenvalue weighted by Crippen LogP contribution is -2.13. The molecule has 4 rings (SSSR count). The number of anilines is 1. The van der Waals surface area contributed by atoms with Crippen molar-refractivity contribution in [1.29, 1.82) is 0 Å². The highest BCUT2D eigenvalue weighted by Gasteiger charge is 2.20. The second-order valence-electron chi connectivity index (χ2n) is 6.70. The third kappa shape index (κ3) is 4.56. The molecule has 2 aromatic heterocycles. The molecule has 0 bridgehead atoms. The van der Waals surface area contributed by atoms with Crippen LogP contribution in [0.25, 0.3) is 20.8 Å². The van der Waals surface area contributed by atoms with Crippen molar-refractivity contribution in [1.82, 2.24) is 4.98 Å². The number of nitrogens with one attached hydrogen (secondary N) is 1. The van der Waals surface area contributed by atoms with E-state index in [1.54, 1.807) is 23.5 Å². The van der Waals surface area contributed by atoms with E-state index in [4.69, 9.17) is 19.2 Å². The van der Waals surface area contributed by atoms with Gasteiger partial charge in [-0.1, -0.05) is 12.1 Å². The number of aromatic nitrogens is 1. The van der Waals surface area contributed by atoms with E-state index in [0.717, 1.165) is 25.8 Å². The molecule has 0 aliphatic heterocycles. The number of para-hydroxylation sites is 1. The van der Waals surface area contributed by atoms with Gasteiger partial charge in [-0.15, -0.1) is 22.7 Å². The molecule has 0 unspecified atom stereocenters. The van der Waals surface area contributed by atoms with Gasteiger partial charge in [0, 0.05) is 11.1 Å². The van der Waals surface area contributed by atoms with Crippen LogP contribution in [0.15, 0.2) is 47.8 Å². The lowest BCUT2D eigenvalue weighted by atomic mass is 10.1. The average molecular weight is 469 g/mol. The second kappa shape index (κ2) is 10.0. The summed E-state index contributed by atoms with van der Waals surface area (Å²) in [6.07, 6.45) is 0. The second-order valence-corrected chi connectivity index (χ2v) is 8.65. The first-order valence-electron chi connectivity index (χ1n) is 10.5. The molecule has 0 aliphatic carbocycles. The summed E-state index contributed by atoms with van der Waals surface area (Å²) in [4.78, 5) is 17.9. The summed E-state index contributed by atoms with van der Waals surface area (Å²) >= 11 is 3.07. The standard InChI is InChI=1S/C24H24N2O4S2/c1-4-28-18-13-15(14-19(29-5-2)21(18)30-6-3)22(27)26-23-16(11-12-31-23)24-25-17-9-7-8-10-20(17)32-24/h7-14H,4-6H2,1-3H3,(H,26,27). The minimum Gasteiger partial charge on any atom is -0.490 e. The summed E-state index contributed by atoms with van der Waals surface area (Å²) in [6.45, 7) is 7.03. The highest BCUT2D eigenvalue weighted by molar-refractivity contribution is 7.22. The van der Waals surface area contributed by atoms with Gasteiger partial charge in [-0.2, -0.15) is 0 Å². The number of rotatable bonds is 9. The van der Waals surface area contributed by atoms with Gasteiger partial charge in [-0.05, 0) is 56.5 Å². The smallest absolute Gasteiger partial charge is 0.256 e. The predicted molar refractivity (Wildman–Crippen MR) is 131 cm³/mol. The van der Waals surface area contributed by atoms with Gasteiger partial charge in [0.1, 0.15) is 10.0 Å². The normalized spacial score (nSPS) is 10.8.